The second-order valence-electron chi connectivity index (χ2n) is 9.46. The van der Waals surface area contributed by atoms with Gasteiger partial charge in [0.05, 0.1) is 29.3 Å². The van der Waals surface area contributed by atoms with Crippen LogP contribution in [0.3, 0.4) is 0 Å². The van der Waals surface area contributed by atoms with Crippen LogP contribution in [0.2, 0.25) is 0 Å². The minimum Gasteiger partial charge on any atom is -0.465 e. The summed E-state index contributed by atoms with van der Waals surface area (Å²) >= 11 is 0. The van der Waals surface area contributed by atoms with Crippen molar-refractivity contribution in [2.45, 2.75) is 57.3 Å². The number of piperidine rings is 1. The fourth-order valence-electron chi connectivity index (χ4n) is 5.04. The normalized spacial score (nSPS) is 22.3. The largest absolute Gasteiger partial charge is 0.465 e. The standard InChI is InChI=1S/C21H26F2N4O4/c1-20(2,3)27(19(29)30)12-4-6-25(7-5-12)10-21(31)11-26-17-15(8-13(22)18(26)28)24-9-14(23)16(17)21/h8-9,12,31H,4-7,10-11H2,1-3H3,(H,29,30). The Bertz CT molecular complexity index is 1110. The zero-order valence-corrected chi connectivity index (χ0v) is 17.7. The number of amides is 1. The Kier molecular flexibility index (Phi) is 5.05. The Hall–Kier alpha value is -2.59. The number of hydrogen-bond donors (Lipinski definition) is 2. The maximum Gasteiger partial charge on any atom is 0.407 e. The molecule has 0 bridgehead atoms. The Morgan fingerprint density at radius 3 is 2.52 bits per heavy atom. The van der Waals surface area contributed by atoms with Crippen LogP contribution in [0.4, 0.5) is 13.6 Å². The smallest absolute Gasteiger partial charge is 0.407 e. The van der Waals surface area contributed by atoms with Crippen molar-refractivity contribution < 1.29 is 23.8 Å². The quantitative estimate of drug-likeness (QED) is 0.765. The summed E-state index contributed by atoms with van der Waals surface area (Å²) in [6.45, 7) is 6.33. The molecule has 1 atom stereocenters. The van der Waals surface area contributed by atoms with E-state index in [4.69, 9.17) is 0 Å². The van der Waals surface area contributed by atoms with Crippen LogP contribution in [-0.2, 0) is 12.1 Å². The van der Waals surface area contributed by atoms with Gasteiger partial charge in [-0.1, -0.05) is 0 Å². The molecule has 1 unspecified atom stereocenters. The summed E-state index contributed by atoms with van der Waals surface area (Å²) in [6.07, 6.45) is 1.09. The SMILES string of the molecule is CC(C)(C)N(C(=O)O)C1CCN(CC2(O)Cn3c(=O)c(F)cc4ncc(F)c2c43)CC1. The summed E-state index contributed by atoms with van der Waals surface area (Å²) in [7, 11) is 0. The van der Waals surface area contributed by atoms with Crippen LogP contribution >= 0.6 is 0 Å². The third-order valence-corrected chi connectivity index (χ3v) is 6.24. The van der Waals surface area contributed by atoms with Crippen molar-refractivity contribution in [3.63, 3.8) is 0 Å². The van der Waals surface area contributed by atoms with Crippen molar-refractivity contribution in [3.8, 4) is 0 Å². The van der Waals surface area contributed by atoms with E-state index < -0.39 is 34.4 Å². The Morgan fingerprint density at radius 2 is 1.94 bits per heavy atom. The van der Waals surface area contributed by atoms with Crippen LogP contribution in [0.25, 0.3) is 11.0 Å². The minimum atomic E-state index is -1.71. The number of aromatic nitrogens is 2. The molecule has 1 saturated heterocycles. The highest BCUT2D eigenvalue weighted by Crippen LogP contribution is 2.38. The van der Waals surface area contributed by atoms with Gasteiger partial charge in [-0.05, 0) is 33.6 Å². The molecule has 0 spiro atoms. The average molecular weight is 436 g/mol. The first-order chi connectivity index (χ1) is 14.4. The molecule has 2 N–H and O–H groups in total. The molecule has 1 amide bonds. The zero-order valence-electron chi connectivity index (χ0n) is 17.7. The summed E-state index contributed by atoms with van der Waals surface area (Å²) in [6, 6.07) is 0.798. The number of halogens is 2. The van der Waals surface area contributed by atoms with E-state index in [0.29, 0.717) is 25.9 Å². The lowest BCUT2D eigenvalue weighted by Gasteiger charge is -2.44. The predicted molar refractivity (Wildman–Crippen MR) is 109 cm³/mol. The van der Waals surface area contributed by atoms with Gasteiger partial charge in [-0.2, -0.15) is 0 Å². The molecular formula is C21H26F2N4O4. The molecule has 2 aliphatic heterocycles. The molecule has 1 fully saturated rings. The van der Waals surface area contributed by atoms with Gasteiger partial charge in [-0.15, -0.1) is 0 Å². The molecule has 4 rings (SSSR count). The van der Waals surface area contributed by atoms with E-state index in [0.717, 1.165) is 16.8 Å². The van der Waals surface area contributed by atoms with Crippen LogP contribution in [0.15, 0.2) is 17.1 Å². The molecule has 8 nitrogen and oxygen atoms in total. The topological polar surface area (TPSA) is 98.9 Å². The number of pyridine rings is 2. The van der Waals surface area contributed by atoms with Crippen molar-refractivity contribution in [1.82, 2.24) is 19.4 Å². The molecule has 0 aromatic carbocycles. The van der Waals surface area contributed by atoms with Gasteiger partial charge in [0.2, 0.25) is 0 Å². The third-order valence-electron chi connectivity index (χ3n) is 6.24. The highest BCUT2D eigenvalue weighted by molar-refractivity contribution is 5.81. The summed E-state index contributed by atoms with van der Waals surface area (Å²) in [5.41, 5.74) is -2.98. The molecule has 0 saturated carbocycles. The van der Waals surface area contributed by atoms with Crippen molar-refractivity contribution >= 4 is 17.1 Å². The first-order valence-corrected chi connectivity index (χ1v) is 10.3. The average Bonchev–Trinajstić information content (AvgIpc) is 2.97. The fraction of sp³-hybridized carbons (Fsp3) is 0.571. The highest BCUT2D eigenvalue weighted by atomic mass is 19.1. The molecule has 2 aliphatic rings. The molecule has 31 heavy (non-hydrogen) atoms. The van der Waals surface area contributed by atoms with Gasteiger partial charge in [-0.25, -0.2) is 13.6 Å². The Balaban J connectivity index is 1.57. The van der Waals surface area contributed by atoms with Gasteiger partial charge in [0.1, 0.15) is 11.4 Å². The van der Waals surface area contributed by atoms with Crippen LogP contribution in [0.1, 0.15) is 39.2 Å². The molecule has 4 heterocycles. The van der Waals surface area contributed by atoms with E-state index in [1.165, 1.54) is 4.90 Å². The molecule has 168 valence electrons. The number of hydrogen-bond acceptors (Lipinski definition) is 5. The first-order valence-electron chi connectivity index (χ1n) is 10.3. The number of carboxylic acid groups (broad SMARTS) is 1. The van der Waals surface area contributed by atoms with Gasteiger partial charge in [0.25, 0.3) is 5.56 Å². The van der Waals surface area contributed by atoms with Crippen molar-refractivity contribution in [3.05, 3.63) is 39.8 Å². The summed E-state index contributed by atoms with van der Waals surface area (Å²) < 4.78 is 29.7. The number of likely N-dealkylation sites (tertiary alicyclic amines) is 1. The third kappa shape index (κ3) is 3.57. The van der Waals surface area contributed by atoms with Crippen LogP contribution in [-0.4, -0.2) is 66.9 Å². The first kappa shape index (κ1) is 21.6. The van der Waals surface area contributed by atoms with Crippen LogP contribution in [0, 0.1) is 11.6 Å². The van der Waals surface area contributed by atoms with Crippen molar-refractivity contribution in [1.29, 1.82) is 0 Å². The lowest BCUT2D eigenvalue weighted by atomic mass is 9.92. The molecule has 2 aromatic heterocycles. The van der Waals surface area contributed by atoms with E-state index in [1.807, 2.05) is 25.7 Å². The van der Waals surface area contributed by atoms with Gasteiger partial charge in [0, 0.05) is 37.3 Å². The Labute approximate surface area is 177 Å². The van der Waals surface area contributed by atoms with Gasteiger partial charge >= 0.3 is 6.09 Å². The number of nitrogens with zero attached hydrogens (tertiary/aromatic N) is 4. The second kappa shape index (κ2) is 7.23. The molecule has 0 radical (unpaired) electrons. The second-order valence-corrected chi connectivity index (χ2v) is 9.46. The predicted octanol–water partition coefficient (Wildman–Crippen LogP) is 2.12. The lowest BCUT2D eigenvalue weighted by Crippen LogP contribution is -2.55. The fourth-order valence-corrected chi connectivity index (χ4v) is 5.04. The molecule has 2 aromatic rings. The van der Waals surface area contributed by atoms with E-state index in [-0.39, 0.29) is 35.7 Å². The molecule has 10 heteroatoms. The summed E-state index contributed by atoms with van der Waals surface area (Å²) in [5, 5.41) is 21.0. The number of carbonyl (C=O) groups is 1. The van der Waals surface area contributed by atoms with E-state index in [9.17, 15) is 28.6 Å². The van der Waals surface area contributed by atoms with E-state index >= 15 is 0 Å². The van der Waals surface area contributed by atoms with Gasteiger partial charge in [0.15, 0.2) is 5.82 Å². The Morgan fingerprint density at radius 1 is 1.29 bits per heavy atom. The number of β-amino-alcohol motifs (C(OH)–C–C–N with tert-alkyl or cyclic N) is 1. The lowest BCUT2D eigenvalue weighted by molar-refractivity contribution is -0.0254. The number of aliphatic hydroxyl groups is 1. The zero-order chi connectivity index (χ0) is 22.7. The van der Waals surface area contributed by atoms with Crippen LogP contribution < -0.4 is 5.56 Å². The van der Waals surface area contributed by atoms with E-state index in [1.54, 1.807) is 0 Å². The number of rotatable bonds is 3. The van der Waals surface area contributed by atoms with Gasteiger partial charge < -0.3 is 19.7 Å². The summed E-state index contributed by atoms with van der Waals surface area (Å²) in [5.74, 6) is -1.74. The maximum atomic E-state index is 14.7. The maximum absolute atomic E-state index is 14.7. The summed E-state index contributed by atoms with van der Waals surface area (Å²) in [4.78, 5) is 31.3. The highest BCUT2D eigenvalue weighted by Gasteiger charge is 2.44. The monoisotopic (exact) mass is 436 g/mol. The molecule has 0 aliphatic carbocycles. The van der Waals surface area contributed by atoms with Gasteiger partial charge in [-0.3, -0.25) is 14.7 Å². The van der Waals surface area contributed by atoms with E-state index in [2.05, 4.69) is 4.98 Å². The van der Waals surface area contributed by atoms with Crippen molar-refractivity contribution in [2.24, 2.45) is 0 Å². The minimum absolute atomic E-state index is 0.0427. The van der Waals surface area contributed by atoms with Crippen LogP contribution in [0.5, 0.6) is 0 Å². The van der Waals surface area contributed by atoms with Crippen molar-refractivity contribution in [2.75, 3.05) is 19.6 Å². The molecular weight excluding hydrogens is 410 g/mol.